The number of hydrogen-bond donors (Lipinski definition) is 2. The molecule has 200 valence electrons. The van der Waals surface area contributed by atoms with Gasteiger partial charge in [0, 0.05) is 17.5 Å². The fraction of sp³-hybridized carbons (Fsp3) is 0.222. The molecule has 0 heterocycles. The summed E-state index contributed by atoms with van der Waals surface area (Å²) in [5.74, 6) is -0.202. The minimum absolute atomic E-state index is 0.0657. The first-order valence-corrected chi connectivity index (χ1v) is 14.4. The van der Waals surface area contributed by atoms with E-state index in [9.17, 15) is 18.0 Å². The van der Waals surface area contributed by atoms with E-state index >= 15 is 0 Å². The van der Waals surface area contributed by atoms with Crippen LogP contribution in [0.25, 0.3) is 0 Å². The van der Waals surface area contributed by atoms with Gasteiger partial charge in [0.1, 0.15) is 12.3 Å². The van der Waals surface area contributed by atoms with Crippen molar-refractivity contribution in [3.05, 3.63) is 78.4 Å². The Balaban J connectivity index is 1.83. The van der Waals surface area contributed by atoms with E-state index in [1.165, 1.54) is 30.8 Å². The van der Waals surface area contributed by atoms with Crippen molar-refractivity contribution in [3.8, 4) is 5.75 Å². The van der Waals surface area contributed by atoms with Crippen molar-refractivity contribution in [3.63, 3.8) is 0 Å². The predicted molar refractivity (Wildman–Crippen MR) is 151 cm³/mol. The highest BCUT2D eigenvalue weighted by atomic mass is 32.2. The van der Waals surface area contributed by atoms with Gasteiger partial charge in [0.2, 0.25) is 5.91 Å². The van der Waals surface area contributed by atoms with Crippen molar-refractivity contribution in [1.82, 2.24) is 5.43 Å². The second-order valence-electron chi connectivity index (χ2n) is 8.10. The van der Waals surface area contributed by atoms with E-state index in [1.54, 1.807) is 67.6 Å². The molecule has 2 N–H and O–H groups in total. The minimum atomic E-state index is -4.07. The molecule has 0 aliphatic heterocycles. The van der Waals surface area contributed by atoms with Crippen LogP contribution in [0.15, 0.2) is 87.7 Å². The second-order valence-corrected chi connectivity index (χ2v) is 10.8. The quantitative estimate of drug-likeness (QED) is 0.205. The lowest BCUT2D eigenvalue weighted by molar-refractivity contribution is -0.119. The average molecular weight is 555 g/mol. The van der Waals surface area contributed by atoms with Gasteiger partial charge in [-0.2, -0.15) is 5.10 Å². The van der Waals surface area contributed by atoms with E-state index in [1.807, 2.05) is 13.2 Å². The number of benzene rings is 3. The van der Waals surface area contributed by atoms with E-state index in [4.69, 9.17) is 4.74 Å². The Labute approximate surface area is 227 Å². The molecule has 0 spiro atoms. The zero-order valence-corrected chi connectivity index (χ0v) is 23.2. The molecule has 0 bridgehead atoms. The van der Waals surface area contributed by atoms with Crippen LogP contribution >= 0.6 is 11.8 Å². The van der Waals surface area contributed by atoms with Crippen LogP contribution in [0.4, 0.5) is 11.4 Å². The van der Waals surface area contributed by atoms with E-state index < -0.39 is 22.5 Å². The number of amides is 2. The maximum absolute atomic E-state index is 13.6. The molecule has 0 atom stereocenters. The second kappa shape index (κ2) is 13.1. The van der Waals surface area contributed by atoms with Crippen molar-refractivity contribution in [2.24, 2.45) is 5.10 Å². The molecule has 3 aromatic carbocycles. The van der Waals surface area contributed by atoms with Gasteiger partial charge in [-0.05, 0) is 86.3 Å². The van der Waals surface area contributed by atoms with Crippen molar-refractivity contribution < 1.29 is 22.7 Å². The first kappa shape index (κ1) is 28.7. The van der Waals surface area contributed by atoms with Crippen LogP contribution in [-0.2, 0) is 19.6 Å². The average Bonchev–Trinajstić information content (AvgIpc) is 2.91. The lowest BCUT2D eigenvalue weighted by Gasteiger charge is -2.24. The molecule has 3 rings (SSSR count). The van der Waals surface area contributed by atoms with E-state index in [0.717, 1.165) is 14.8 Å². The highest BCUT2D eigenvalue weighted by molar-refractivity contribution is 7.98. The van der Waals surface area contributed by atoms with Crippen LogP contribution in [-0.4, -0.2) is 45.4 Å². The van der Waals surface area contributed by atoms with Crippen LogP contribution in [0, 0.1) is 0 Å². The Morgan fingerprint density at radius 3 is 2.13 bits per heavy atom. The van der Waals surface area contributed by atoms with Gasteiger partial charge in [0.25, 0.3) is 15.9 Å². The number of rotatable bonds is 11. The van der Waals surface area contributed by atoms with Crippen LogP contribution in [0.1, 0.15) is 26.3 Å². The molecule has 0 unspecified atom stereocenters. The summed E-state index contributed by atoms with van der Waals surface area (Å²) in [5.41, 5.74) is 4.63. The monoisotopic (exact) mass is 554 g/mol. The number of carbonyl (C=O) groups is 2. The molecule has 9 nitrogen and oxygen atoms in total. The predicted octanol–water partition coefficient (Wildman–Crippen LogP) is 4.50. The number of thioether (sulfide) groups is 1. The van der Waals surface area contributed by atoms with E-state index in [2.05, 4.69) is 15.8 Å². The summed E-state index contributed by atoms with van der Waals surface area (Å²) in [6.07, 6.45) is 1.90. The third-order valence-corrected chi connectivity index (χ3v) is 7.87. The topological polar surface area (TPSA) is 117 Å². The van der Waals surface area contributed by atoms with Gasteiger partial charge < -0.3 is 10.1 Å². The molecule has 38 heavy (non-hydrogen) atoms. The normalized spacial score (nSPS) is 11.5. The molecule has 0 saturated heterocycles. The van der Waals surface area contributed by atoms with Gasteiger partial charge in [0.05, 0.1) is 22.9 Å². The molecule has 3 aromatic rings. The fourth-order valence-electron chi connectivity index (χ4n) is 3.44. The summed E-state index contributed by atoms with van der Waals surface area (Å²) in [6.45, 7) is 4.97. The standard InChI is InChI=1S/C27H30N4O5S2/c1-5-36-24-12-10-23(11-13-24)31(38(34,35)26-16-14-25(37-4)15-17-26)18-27(33)30-29-19(2)21-6-8-22(9-7-21)28-20(3)32/h6-17H,5,18H2,1-4H3,(H,28,32)(H,30,33)/b29-19-. The largest absolute Gasteiger partial charge is 0.494 e. The zero-order chi connectivity index (χ0) is 27.7. The van der Waals surface area contributed by atoms with Crippen LogP contribution in [0.3, 0.4) is 0 Å². The van der Waals surface area contributed by atoms with Gasteiger partial charge in [-0.25, -0.2) is 13.8 Å². The van der Waals surface area contributed by atoms with Gasteiger partial charge in [0.15, 0.2) is 0 Å². The summed E-state index contributed by atoms with van der Waals surface area (Å²) in [6, 6.07) is 19.9. The number of nitrogens with zero attached hydrogens (tertiary/aromatic N) is 2. The number of carbonyl (C=O) groups excluding carboxylic acids is 2. The molecule has 11 heteroatoms. The Morgan fingerprint density at radius 1 is 0.947 bits per heavy atom. The lowest BCUT2D eigenvalue weighted by atomic mass is 10.1. The first-order chi connectivity index (χ1) is 18.1. The summed E-state index contributed by atoms with van der Waals surface area (Å²) >= 11 is 1.50. The summed E-state index contributed by atoms with van der Waals surface area (Å²) in [5, 5.41) is 6.82. The zero-order valence-electron chi connectivity index (χ0n) is 21.6. The summed E-state index contributed by atoms with van der Waals surface area (Å²) in [4.78, 5) is 25.1. The molecular weight excluding hydrogens is 524 g/mol. The molecule has 0 fully saturated rings. The van der Waals surface area contributed by atoms with Crippen LogP contribution < -0.4 is 19.8 Å². The van der Waals surface area contributed by atoms with Gasteiger partial charge in [-0.15, -0.1) is 11.8 Å². The molecule has 0 aliphatic carbocycles. The molecule has 0 saturated carbocycles. The highest BCUT2D eigenvalue weighted by Gasteiger charge is 2.27. The maximum Gasteiger partial charge on any atom is 0.264 e. The van der Waals surface area contributed by atoms with Gasteiger partial charge in [-0.3, -0.25) is 13.9 Å². The Bertz CT molecular complexity index is 1390. The van der Waals surface area contributed by atoms with Crippen LogP contribution in [0.5, 0.6) is 5.75 Å². The van der Waals surface area contributed by atoms with Crippen LogP contribution in [0.2, 0.25) is 0 Å². The lowest BCUT2D eigenvalue weighted by Crippen LogP contribution is -2.39. The number of anilines is 2. The third-order valence-electron chi connectivity index (χ3n) is 5.34. The third kappa shape index (κ3) is 7.59. The molecular formula is C27H30N4O5S2. The molecule has 0 aromatic heterocycles. The van der Waals surface area contributed by atoms with E-state index in [-0.39, 0.29) is 10.8 Å². The number of nitrogens with one attached hydrogen (secondary N) is 2. The first-order valence-electron chi connectivity index (χ1n) is 11.7. The molecule has 0 radical (unpaired) electrons. The minimum Gasteiger partial charge on any atom is -0.494 e. The SMILES string of the molecule is CCOc1ccc(N(CC(=O)N/N=C(/C)c2ccc(NC(C)=O)cc2)S(=O)(=O)c2ccc(SC)cc2)cc1. The molecule has 0 aliphatic rings. The molecule has 2 amide bonds. The summed E-state index contributed by atoms with van der Waals surface area (Å²) < 4.78 is 33.7. The number of hydrogen-bond acceptors (Lipinski definition) is 7. The Hall–Kier alpha value is -3.83. The van der Waals surface area contributed by atoms with Gasteiger partial charge in [-0.1, -0.05) is 12.1 Å². The Morgan fingerprint density at radius 2 is 1.58 bits per heavy atom. The van der Waals surface area contributed by atoms with Crippen molar-refractivity contribution in [1.29, 1.82) is 0 Å². The number of hydrazone groups is 1. The van der Waals surface area contributed by atoms with Gasteiger partial charge >= 0.3 is 0 Å². The number of sulfonamides is 1. The highest BCUT2D eigenvalue weighted by Crippen LogP contribution is 2.27. The van der Waals surface area contributed by atoms with Crippen molar-refractivity contribution >= 4 is 50.7 Å². The van der Waals surface area contributed by atoms with Crippen molar-refractivity contribution in [2.45, 2.75) is 30.6 Å². The summed E-state index contributed by atoms with van der Waals surface area (Å²) in [7, 11) is -4.07. The Kier molecular flexibility index (Phi) is 9.91. The number of ether oxygens (including phenoxy) is 1. The maximum atomic E-state index is 13.6. The fourth-order valence-corrected chi connectivity index (χ4v) is 5.27. The van der Waals surface area contributed by atoms with E-state index in [0.29, 0.717) is 29.4 Å². The smallest absolute Gasteiger partial charge is 0.264 e. The van der Waals surface area contributed by atoms with Crippen molar-refractivity contribution in [2.75, 3.05) is 29.0 Å².